The van der Waals surface area contributed by atoms with Crippen LogP contribution in [0.25, 0.3) is 0 Å². The van der Waals surface area contributed by atoms with Crippen molar-refractivity contribution in [3.63, 3.8) is 0 Å². The van der Waals surface area contributed by atoms with Crippen molar-refractivity contribution in [3.05, 3.63) is 33.8 Å². The third-order valence-electron chi connectivity index (χ3n) is 1.93. The van der Waals surface area contributed by atoms with E-state index in [1.54, 1.807) is 12.1 Å². The third-order valence-corrected chi connectivity index (χ3v) is 2.67. The summed E-state index contributed by atoms with van der Waals surface area (Å²) in [7, 11) is 0. The molecule has 76 valence electrons. The molecule has 0 unspecified atom stereocenters. The number of halogens is 1. The Morgan fingerprint density at radius 2 is 2.14 bits per heavy atom. The molecule has 0 bridgehead atoms. The van der Waals surface area contributed by atoms with Crippen LogP contribution in [0, 0.1) is 5.92 Å². The molecular formula is C11H13BrO2. The second-order valence-electron chi connectivity index (χ2n) is 3.71. The van der Waals surface area contributed by atoms with Crippen molar-refractivity contribution in [1.29, 1.82) is 0 Å². The summed E-state index contributed by atoms with van der Waals surface area (Å²) < 4.78 is 0.881. The smallest absolute Gasteiger partial charge is 0.335 e. The molecule has 1 rings (SSSR count). The maximum absolute atomic E-state index is 10.7. The Hall–Kier alpha value is -0.830. The summed E-state index contributed by atoms with van der Waals surface area (Å²) in [6.07, 6.45) is 0.959. The van der Waals surface area contributed by atoms with Crippen molar-refractivity contribution in [3.8, 4) is 0 Å². The number of benzene rings is 1. The molecule has 2 nitrogen and oxygen atoms in total. The largest absolute Gasteiger partial charge is 0.478 e. The van der Waals surface area contributed by atoms with Crippen LogP contribution >= 0.6 is 15.9 Å². The fraction of sp³-hybridized carbons (Fsp3) is 0.364. The summed E-state index contributed by atoms with van der Waals surface area (Å²) >= 11 is 3.38. The minimum Gasteiger partial charge on any atom is -0.478 e. The molecule has 0 aromatic heterocycles. The summed E-state index contributed by atoms with van der Waals surface area (Å²) in [6.45, 7) is 4.27. The predicted molar refractivity (Wildman–Crippen MR) is 59.6 cm³/mol. The fourth-order valence-electron chi connectivity index (χ4n) is 1.29. The standard InChI is InChI=1S/C11H13BrO2/c1-7(2)5-8-3-4-9(11(13)14)6-10(8)12/h3-4,6-7H,5H2,1-2H3,(H,13,14). The minimum absolute atomic E-state index is 0.324. The highest BCUT2D eigenvalue weighted by molar-refractivity contribution is 9.10. The first-order chi connectivity index (χ1) is 6.50. The van der Waals surface area contributed by atoms with Crippen molar-refractivity contribution in [2.45, 2.75) is 20.3 Å². The van der Waals surface area contributed by atoms with E-state index in [9.17, 15) is 4.79 Å². The normalized spacial score (nSPS) is 10.6. The molecule has 1 aromatic rings. The van der Waals surface area contributed by atoms with Crippen molar-refractivity contribution in [2.24, 2.45) is 5.92 Å². The van der Waals surface area contributed by atoms with E-state index in [-0.39, 0.29) is 0 Å². The van der Waals surface area contributed by atoms with Gasteiger partial charge < -0.3 is 5.11 Å². The highest BCUT2D eigenvalue weighted by Gasteiger charge is 2.07. The second kappa shape index (κ2) is 4.60. The Labute approximate surface area is 92.1 Å². The average Bonchev–Trinajstić information content (AvgIpc) is 2.07. The van der Waals surface area contributed by atoms with Crippen LogP contribution in [0.3, 0.4) is 0 Å². The highest BCUT2D eigenvalue weighted by atomic mass is 79.9. The van der Waals surface area contributed by atoms with Gasteiger partial charge in [0.1, 0.15) is 0 Å². The van der Waals surface area contributed by atoms with E-state index in [1.165, 1.54) is 0 Å². The number of carboxylic acids is 1. The molecule has 14 heavy (non-hydrogen) atoms. The fourth-order valence-corrected chi connectivity index (χ4v) is 1.83. The van der Waals surface area contributed by atoms with Gasteiger partial charge in [-0.25, -0.2) is 4.79 Å². The number of hydrogen-bond acceptors (Lipinski definition) is 1. The zero-order chi connectivity index (χ0) is 10.7. The Morgan fingerprint density at radius 1 is 1.50 bits per heavy atom. The van der Waals surface area contributed by atoms with Gasteiger partial charge in [-0.05, 0) is 30.0 Å². The van der Waals surface area contributed by atoms with Crippen molar-refractivity contribution in [2.75, 3.05) is 0 Å². The van der Waals surface area contributed by atoms with Gasteiger partial charge in [0.15, 0.2) is 0 Å². The number of rotatable bonds is 3. The lowest BCUT2D eigenvalue weighted by Gasteiger charge is -2.07. The first-order valence-electron chi connectivity index (χ1n) is 4.52. The van der Waals surface area contributed by atoms with Gasteiger partial charge in [-0.1, -0.05) is 35.8 Å². The van der Waals surface area contributed by atoms with Gasteiger partial charge >= 0.3 is 5.97 Å². The summed E-state index contributed by atoms with van der Waals surface area (Å²) in [5.41, 5.74) is 1.48. The van der Waals surface area contributed by atoms with Gasteiger partial charge in [0.25, 0.3) is 0 Å². The van der Waals surface area contributed by atoms with E-state index in [4.69, 9.17) is 5.11 Å². The average molecular weight is 257 g/mol. The molecule has 0 heterocycles. The molecule has 0 aliphatic rings. The van der Waals surface area contributed by atoms with E-state index in [1.807, 2.05) is 6.07 Å². The molecular weight excluding hydrogens is 244 g/mol. The molecule has 0 radical (unpaired) electrons. The van der Waals surface area contributed by atoms with E-state index in [0.717, 1.165) is 16.5 Å². The molecule has 0 saturated heterocycles. The lowest BCUT2D eigenvalue weighted by atomic mass is 10.0. The van der Waals surface area contributed by atoms with Crippen molar-refractivity contribution < 1.29 is 9.90 Å². The number of aromatic carboxylic acids is 1. The first-order valence-corrected chi connectivity index (χ1v) is 5.31. The lowest BCUT2D eigenvalue weighted by molar-refractivity contribution is 0.0697. The minimum atomic E-state index is -0.887. The zero-order valence-corrected chi connectivity index (χ0v) is 9.84. The van der Waals surface area contributed by atoms with Gasteiger partial charge in [-0.3, -0.25) is 0 Å². The van der Waals surface area contributed by atoms with E-state index in [0.29, 0.717) is 11.5 Å². The highest BCUT2D eigenvalue weighted by Crippen LogP contribution is 2.21. The van der Waals surface area contributed by atoms with E-state index >= 15 is 0 Å². The molecule has 0 saturated carbocycles. The molecule has 0 aliphatic carbocycles. The van der Waals surface area contributed by atoms with Crippen molar-refractivity contribution >= 4 is 21.9 Å². The monoisotopic (exact) mass is 256 g/mol. The van der Waals surface area contributed by atoms with E-state index in [2.05, 4.69) is 29.8 Å². The number of carboxylic acid groups (broad SMARTS) is 1. The SMILES string of the molecule is CC(C)Cc1ccc(C(=O)O)cc1Br. The Kier molecular flexibility index (Phi) is 3.69. The lowest BCUT2D eigenvalue weighted by Crippen LogP contribution is -1.99. The molecule has 0 amide bonds. The predicted octanol–water partition coefficient (Wildman–Crippen LogP) is 3.35. The van der Waals surface area contributed by atoms with Crippen LogP contribution in [-0.2, 0) is 6.42 Å². The van der Waals surface area contributed by atoms with Crippen LogP contribution < -0.4 is 0 Å². The summed E-state index contributed by atoms with van der Waals surface area (Å²) in [4.78, 5) is 10.7. The van der Waals surface area contributed by atoms with Gasteiger partial charge in [0.2, 0.25) is 0 Å². The van der Waals surface area contributed by atoms with E-state index < -0.39 is 5.97 Å². The Balaban J connectivity index is 2.95. The maximum atomic E-state index is 10.7. The summed E-state index contributed by atoms with van der Waals surface area (Å²) in [6, 6.07) is 5.17. The zero-order valence-electron chi connectivity index (χ0n) is 8.25. The van der Waals surface area contributed by atoms with Crippen LogP contribution in [-0.4, -0.2) is 11.1 Å². The summed E-state index contributed by atoms with van der Waals surface area (Å²) in [5, 5.41) is 8.76. The maximum Gasteiger partial charge on any atom is 0.335 e. The molecule has 1 aromatic carbocycles. The summed E-state index contributed by atoms with van der Waals surface area (Å²) in [5.74, 6) is -0.316. The number of hydrogen-bond donors (Lipinski definition) is 1. The molecule has 0 atom stereocenters. The van der Waals surface area contributed by atoms with Crippen LogP contribution in [0.15, 0.2) is 22.7 Å². The third kappa shape index (κ3) is 2.84. The first kappa shape index (κ1) is 11.2. The molecule has 0 spiro atoms. The molecule has 3 heteroatoms. The molecule has 1 N–H and O–H groups in total. The van der Waals surface area contributed by atoms with Crippen LogP contribution in [0.2, 0.25) is 0 Å². The van der Waals surface area contributed by atoms with Gasteiger partial charge in [0.05, 0.1) is 5.56 Å². The van der Waals surface area contributed by atoms with Crippen LogP contribution in [0.1, 0.15) is 29.8 Å². The Bertz CT molecular complexity index is 345. The van der Waals surface area contributed by atoms with Gasteiger partial charge in [0, 0.05) is 4.47 Å². The molecule has 0 aliphatic heterocycles. The van der Waals surface area contributed by atoms with Gasteiger partial charge in [-0.2, -0.15) is 0 Å². The topological polar surface area (TPSA) is 37.3 Å². The van der Waals surface area contributed by atoms with Crippen LogP contribution in [0.5, 0.6) is 0 Å². The quantitative estimate of drug-likeness (QED) is 0.901. The Morgan fingerprint density at radius 3 is 2.57 bits per heavy atom. The number of carbonyl (C=O) groups is 1. The molecule has 0 fully saturated rings. The second-order valence-corrected chi connectivity index (χ2v) is 4.56. The van der Waals surface area contributed by atoms with Gasteiger partial charge in [-0.15, -0.1) is 0 Å². The van der Waals surface area contributed by atoms with Crippen molar-refractivity contribution in [1.82, 2.24) is 0 Å². The van der Waals surface area contributed by atoms with Crippen LogP contribution in [0.4, 0.5) is 0 Å².